The molecule has 2 aliphatic carbocycles. The molecule has 4 rings (SSSR count). The number of hydrogen-bond acceptors (Lipinski definition) is 8. The Labute approximate surface area is 266 Å². The van der Waals surface area contributed by atoms with Gasteiger partial charge in [0.25, 0.3) is 0 Å². The second-order valence-corrected chi connectivity index (χ2v) is 11.9. The average Bonchev–Trinajstić information content (AvgIpc) is 3.59. The summed E-state index contributed by atoms with van der Waals surface area (Å²) < 4.78 is 23.2. The summed E-state index contributed by atoms with van der Waals surface area (Å²) in [6.07, 6.45) is 6.78. The number of rotatable bonds is 16. The smallest absolute Gasteiger partial charge is 0.332 e. The molecule has 45 heavy (non-hydrogen) atoms. The number of nitrogens with zero attached hydrogens (tertiary/aromatic N) is 2. The third-order valence-electron chi connectivity index (χ3n) is 8.92. The first kappa shape index (κ1) is 33.8. The maximum Gasteiger partial charge on any atom is 0.332 e. The molecule has 1 aromatic carbocycles. The number of methoxy groups -OCH3 is 1. The van der Waals surface area contributed by atoms with Gasteiger partial charge in [-0.1, -0.05) is 12.2 Å². The Bertz CT molecular complexity index is 1430. The number of aromatic nitrogens is 1. The van der Waals surface area contributed by atoms with Crippen LogP contribution in [0.15, 0.2) is 43.5 Å². The fraction of sp³-hybridized carbons (Fsp3) is 0.543. The van der Waals surface area contributed by atoms with Gasteiger partial charge in [-0.25, -0.2) is 9.78 Å². The first-order valence-corrected chi connectivity index (χ1v) is 15.9. The largest absolute Gasteiger partial charge is 0.496 e. The molecule has 0 bridgehead atoms. The van der Waals surface area contributed by atoms with E-state index in [0.717, 1.165) is 30.2 Å². The molecule has 2 fully saturated rings. The van der Waals surface area contributed by atoms with Crippen molar-refractivity contribution < 1.29 is 33.3 Å². The number of amides is 2. The van der Waals surface area contributed by atoms with Gasteiger partial charge in [0.1, 0.15) is 23.1 Å². The number of unbranched alkanes of at least 4 members (excludes halogenated alkanes) is 2. The molecule has 0 radical (unpaired) electrons. The van der Waals surface area contributed by atoms with Crippen molar-refractivity contribution in [2.24, 2.45) is 17.8 Å². The Balaban J connectivity index is 1.63. The number of ether oxygens (including phenoxy) is 4. The second-order valence-electron chi connectivity index (χ2n) is 11.9. The highest BCUT2D eigenvalue weighted by molar-refractivity contribution is 5.95. The number of pyridine rings is 1. The molecule has 0 unspecified atom stereocenters. The van der Waals surface area contributed by atoms with Crippen LogP contribution in [-0.4, -0.2) is 73.2 Å². The summed E-state index contributed by atoms with van der Waals surface area (Å²) in [6.45, 7) is 14.3. The number of fused-ring (bicyclic) bond motifs is 1. The number of aryl methyl sites for hydroxylation is 1. The summed E-state index contributed by atoms with van der Waals surface area (Å²) in [6, 6.07) is 5.51. The topological polar surface area (TPSA) is 116 Å². The van der Waals surface area contributed by atoms with Gasteiger partial charge in [0.2, 0.25) is 17.7 Å². The van der Waals surface area contributed by atoms with Crippen LogP contribution in [0, 0.1) is 24.7 Å². The van der Waals surface area contributed by atoms with Crippen molar-refractivity contribution in [3.8, 4) is 17.4 Å². The fourth-order valence-corrected chi connectivity index (χ4v) is 6.33. The molecular weight excluding hydrogens is 574 g/mol. The monoisotopic (exact) mass is 621 g/mol. The van der Waals surface area contributed by atoms with E-state index in [1.807, 2.05) is 32.1 Å². The Hall–Kier alpha value is -4.08. The summed E-state index contributed by atoms with van der Waals surface area (Å²) in [4.78, 5) is 47.1. The van der Waals surface area contributed by atoms with E-state index in [4.69, 9.17) is 18.9 Å². The maximum absolute atomic E-state index is 13.9. The van der Waals surface area contributed by atoms with E-state index < -0.39 is 29.4 Å². The van der Waals surface area contributed by atoms with Crippen molar-refractivity contribution in [2.45, 2.75) is 70.9 Å². The quantitative estimate of drug-likeness (QED) is 0.155. The van der Waals surface area contributed by atoms with Crippen LogP contribution >= 0.6 is 0 Å². The van der Waals surface area contributed by atoms with Gasteiger partial charge in [0.15, 0.2) is 0 Å². The first-order chi connectivity index (χ1) is 21.6. The molecule has 2 amide bonds. The van der Waals surface area contributed by atoms with E-state index in [2.05, 4.69) is 23.5 Å². The van der Waals surface area contributed by atoms with Crippen molar-refractivity contribution in [2.75, 3.05) is 33.9 Å². The zero-order valence-electron chi connectivity index (χ0n) is 27.2. The number of nitrogens with one attached hydrogen (secondary N) is 1. The molecule has 0 aliphatic heterocycles. The van der Waals surface area contributed by atoms with Crippen LogP contribution in [0.1, 0.15) is 57.9 Å². The van der Waals surface area contributed by atoms with Crippen LogP contribution in [0.5, 0.6) is 17.4 Å². The van der Waals surface area contributed by atoms with Crippen molar-refractivity contribution in [3.63, 3.8) is 0 Å². The summed E-state index contributed by atoms with van der Waals surface area (Å²) in [5.41, 5.74) is 0.388. The summed E-state index contributed by atoms with van der Waals surface area (Å²) in [7, 11) is 3.38. The van der Waals surface area contributed by atoms with Gasteiger partial charge in [-0.05, 0) is 71.4 Å². The first-order valence-electron chi connectivity index (χ1n) is 15.9. The lowest BCUT2D eigenvalue weighted by Crippen LogP contribution is -2.50. The summed E-state index contributed by atoms with van der Waals surface area (Å²) >= 11 is 0. The number of benzene rings is 1. The Kier molecular flexibility index (Phi) is 11.1. The maximum atomic E-state index is 13.9. The molecule has 2 aliphatic rings. The molecule has 0 saturated heterocycles. The molecule has 1 N–H and O–H groups in total. The molecule has 2 saturated carbocycles. The van der Waals surface area contributed by atoms with Crippen LogP contribution in [0.4, 0.5) is 0 Å². The minimum Gasteiger partial charge on any atom is -0.496 e. The van der Waals surface area contributed by atoms with Crippen LogP contribution in [0.2, 0.25) is 0 Å². The third-order valence-corrected chi connectivity index (χ3v) is 8.92. The molecule has 1 aromatic heterocycles. The lowest BCUT2D eigenvalue weighted by Gasteiger charge is -2.26. The SMILES string of the molecule is C=CCCCCN(C)C(=O)[C@@H]1C[C@H](Oc2cc(OCC)nc3c(C)c(OC)ccc23)C[C@H]1C(=O)N[C@]1(C(=O)OCC)C[C@H]1C=C. The fourth-order valence-electron chi connectivity index (χ4n) is 6.33. The van der Waals surface area contributed by atoms with Gasteiger partial charge in [-0.3, -0.25) is 9.59 Å². The minimum absolute atomic E-state index is 0.115. The Morgan fingerprint density at radius 3 is 2.51 bits per heavy atom. The van der Waals surface area contributed by atoms with Gasteiger partial charge in [-0.2, -0.15) is 0 Å². The predicted octanol–water partition coefficient (Wildman–Crippen LogP) is 5.16. The number of allylic oxidation sites excluding steroid dienone is 1. The van der Waals surface area contributed by atoms with Crippen molar-refractivity contribution >= 4 is 28.7 Å². The van der Waals surface area contributed by atoms with E-state index >= 15 is 0 Å². The summed E-state index contributed by atoms with van der Waals surface area (Å²) in [5, 5.41) is 3.75. The molecule has 5 atom stereocenters. The zero-order valence-corrected chi connectivity index (χ0v) is 27.2. The third kappa shape index (κ3) is 7.26. The molecule has 10 heteroatoms. The minimum atomic E-state index is -1.15. The lowest BCUT2D eigenvalue weighted by molar-refractivity contribution is -0.150. The molecule has 2 aromatic rings. The van der Waals surface area contributed by atoms with Crippen molar-refractivity contribution in [1.82, 2.24) is 15.2 Å². The summed E-state index contributed by atoms with van der Waals surface area (Å²) in [5.74, 6) is -0.828. The van der Waals surface area contributed by atoms with Gasteiger partial charge < -0.3 is 29.2 Å². The van der Waals surface area contributed by atoms with Gasteiger partial charge in [0, 0.05) is 36.5 Å². The van der Waals surface area contributed by atoms with Crippen LogP contribution in [0.3, 0.4) is 0 Å². The molecule has 1 heterocycles. The standard InChI is InChI=1S/C35H47N3O7/c1-8-12-13-14-17-38(6)33(40)27-19-24(18-26(27)32(39)37-35(21-23(35)9-2)34(41)44-11-4)45-29-20-30(43-10-3)36-31-22(5)28(42-7)16-15-25(29)31/h8-9,15-16,20,23-24,26-27H,1-2,10-14,17-19,21H2,3-7H3,(H,37,39)/t23-,24-,26-,27-,35-/m1/s1. The number of hydrogen-bond donors (Lipinski definition) is 1. The van der Waals surface area contributed by atoms with Crippen molar-refractivity contribution in [1.29, 1.82) is 0 Å². The molecule has 244 valence electrons. The van der Waals surface area contributed by atoms with Gasteiger partial charge in [-0.15, -0.1) is 13.2 Å². The zero-order chi connectivity index (χ0) is 32.7. The van der Waals surface area contributed by atoms with E-state index in [0.29, 0.717) is 55.3 Å². The highest BCUT2D eigenvalue weighted by Gasteiger charge is 2.62. The average molecular weight is 622 g/mol. The number of esters is 1. The highest BCUT2D eigenvalue weighted by atomic mass is 16.5. The van der Waals surface area contributed by atoms with Crippen LogP contribution < -0.4 is 19.5 Å². The Morgan fingerprint density at radius 2 is 1.87 bits per heavy atom. The molecule has 10 nitrogen and oxygen atoms in total. The van der Waals surface area contributed by atoms with E-state index in [1.165, 1.54) is 0 Å². The van der Waals surface area contributed by atoms with Crippen molar-refractivity contribution in [3.05, 3.63) is 49.1 Å². The van der Waals surface area contributed by atoms with Gasteiger partial charge in [0.05, 0.1) is 37.7 Å². The highest BCUT2D eigenvalue weighted by Crippen LogP contribution is 2.47. The Morgan fingerprint density at radius 1 is 1.11 bits per heavy atom. The number of carbonyl (C=O) groups excluding carboxylic acids is 3. The lowest BCUT2D eigenvalue weighted by atomic mass is 9.93. The van der Waals surface area contributed by atoms with E-state index in [9.17, 15) is 14.4 Å². The van der Waals surface area contributed by atoms with Crippen LogP contribution in [0.25, 0.3) is 10.9 Å². The van der Waals surface area contributed by atoms with Gasteiger partial charge >= 0.3 is 5.97 Å². The normalized spacial score (nSPS) is 23.6. The van der Waals surface area contributed by atoms with Crippen LogP contribution in [-0.2, 0) is 19.1 Å². The molecular formula is C35H47N3O7. The second kappa shape index (κ2) is 14.8. The predicted molar refractivity (Wildman–Crippen MR) is 172 cm³/mol. The van der Waals surface area contributed by atoms with E-state index in [1.54, 1.807) is 38.1 Å². The number of carbonyl (C=O) groups is 3. The van der Waals surface area contributed by atoms with E-state index in [-0.39, 0.29) is 24.3 Å². The molecule has 0 spiro atoms.